The van der Waals surface area contributed by atoms with Crippen LogP contribution in [0.1, 0.15) is 10.4 Å². The predicted octanol–water partition coefficient (Wildman–Crippen LogP) is 3.49. The van der Waals surface area contributed by atoms with Crippen LogP contribution in [0.5, 0.6) is 5.75 Å². The van der Waals surface area contributed by atoms with E-state index in [2.05, 4.69) is 21.2 Å². The Kier molecular flexibility index (Phi) is 5.47. The van der Waals surface area contributed by atoms with E-state index in [1.807, 2.05) is 12.1 Å². The second-order valence-electron chi connectivity index (χ2n) is 4.30. The van der Waals surface area contributed by atoms with Crippen LogP contribution >= 0.6 is 27.5 Å². The molecule has 3 N–H and O–H groups in total. The Morgan fingerprint density at radius 2 is 2.10 bits per heavy atom. The molecule has 0 atom stereocenters. The van der Waals surface area contributed by atoms with Crippen molar-refractivity contribution < 1.29 is 9.53 Å². The van der Waals surface area contributed by atoms with Gasteiger partial charge in [-0.1, -0.05) is 33.6 Å². The quantitative estimate of drug-likeness (QED) is 0.626. The summed E-state index contributed by atoms with van der Waals surface area (Å²) in [7, 11) is 0. The summed E-state index contributed by atoms with van der Waals surface area (Å²) in [6, 6.07) is 12.3. The molecule has 0 aliphatic carbocycles. The maximum absolute atomic E-state index is 12.0. The van der Waals surface area contributed by atoms with Gasteiger partial charge < -0.3 is 15.8 Å². The van der Waals surface area contributed by atoms with Gasteiger partial charge in [0.1, 0.15) is 12.4 Å². The lowest BCUT2D eigenvalue weighted by atomic mass is 10.2. The van der Waals surface area contributed by atoms with Gasteiger partial charge in [0, 0.05) is 16.2 Å². The number of nitrogens with two attached hydrogens (primary N) is 1. The number of benzene rings is 2. The number of ether oxygens (including phenoxy) is 1. The number of hydrogen-bond acceptors (Lipinski definition) is 3. The first-order valence-corrected chi connectivity index (χ1v) is 7.45. The number of nitrogens with one attached hydrogen (secondary N) is 1. The second kappa shape index (κ2) is 7.33. The van der Waals surface area contributed by atoms with E-state index in [4.69, 9.17) is 22.1 Å². The summed E-state index contributed by atoms with van der Waals surface area (Å²) < 4.78 is 6.29. The average molecular weight is 370 g/mol. The van der Waals surface area contributed by atoms with Gasteiger partial charge in [-0.15, -0.1) is 0 Å². The van der Waals surface area contributed by atoms with Crippen molar-refractivity contribution in [2.45, 2.75) is 0 Å². The molecule has 0 bridgehead atoms. The molecule has 6 heteroatoms. The summed E-state index contributed by atoms with van der Waals surface area (Å²) in [5.41, 5.74) is 6.71. The molecule has 2 aromatic carbocycles. The standard InChI is InChI=1S/C15H14BrClN2O2/c16-10-4-5-14(17)13(8-10)15(20)19-6-7-21-12-3-1-2-11(18)9-12/h1-5,8-9H,6-7,18H2,(H,19,20). The Balaban J connectivity index is 1.83. The van der Waals surface area contributed by atoms with Gasteiger partial charge in [0.15, 0.2) is 0 Å². The van der Waals surface area contributed by atoms with Crippen LogP contribution in [-0.4, -0.2) is 19.1 Å². The fraction of sp³-hybridized carbons (Fsp3) is 0.133. The van der Waals surface area contributed by atoms with Crippen LogP contribution in [0.4, 0.5) is 5.69 Å². The molecule has 2 rings (SSSR count). The van der Waals surface area contributed by atoms with E-state index in [0.717, 1.165) is 4.47 Å². The lowest BCUT2D eigenvalue weighted by Gasteiger charge is -2.09. The fourth-order valence-corrected chi connectivity index (χ4v) is 2.27. The molecule has 0 unspecified atom stereocenters. The molecule has 0 saturated heterocycles. The SMILES string of the molecule is Nc1cccc(OCCNC(=O)c2cc(Br)ccc2Cl)c1. The van der Waals surface area contributed by atoms with Crippen molar-refractivity contribution >= 4 is 39.1 Å². The van der Waals surface area contributed by atoms with Crippen molar-refractivity contribution in [1.82, 2.24) is 5.32 Å². The Hall–Kier alpha value is -1.72. The van der Waals surface area contributed by atoms with E-state index < -0.39 is 0 Å². The molecule has 4 nitrogen and oxygen atoms in total. The van der Waals surface area contributed by atoms with Crippen LogP contribution in [0.15, 0.2) is 46.9 Å². The van der Waals surface area contributed by atoms with E-state index >= 15 is 0 Å². The van der Waals surface area contributed by atoms with E-state index in [0.29, 0.717) is 35.2 Å². The Bertz CT molecular complexity index is 649. The monoisotopic (exact) mass is 368 g/mol. The van der Waals surface area contributed by atoms with E-state index in [1.165, 1.54) is 0 Å². The summed E-state index contributed by atoms with van der Waals surface area (Å²) in [5.74, 6) is 0.433. The van der Waals surface area contributed by atoms with Crippen LogP contribution in [0.3, 0.4) is 0 Å². The van der Waals surface area contributed by atoms with Gasteiger partial charge in [0.05, 0.1) is 17.1 Å². The lowest BCUT2D eigenvalue weighted by molar-refractivity contribution is 0.0947. The zero-order valence-electron chi connectivity index (χ0n) is 11.1. The molecule has 1 amide bonds. The van der Waals surface area contributed by atoms with Gasteiger partial charge in [0.2, 0.25) is 0 Å². The number of rotatable bonds is 5. The molecule has 0 aromatic heterocycles. The lowest BCUT2D eigenvalue weighted by Crippen LogP contribution is -2.28. The second-order valence-corrected chi connectivity index (χ2v) is 5.62. The molecule has 0 heterocycles. The first-order valence-electron chi connectivity index (χ1n) is 6.28. The van der Waals surface area contributed by atoms with Gasteiger partial charge in [-0.05, 0) is 30.3 Å². The number of hydrogen-bond donors (Lipinski definition) is 2. The number of carbonyl (C=O) groups excluding carboxylic acids is 1. The van der Waals surface area contributed by atoms with Crippen LogP contribution in [-0.2, 0) is 0 Å². The molecule has 0 fully saturated rings. The highest BCUT2D eigenvalue weighted by molar-refractivity contribution is 9.10. The summed E-state index contributed by atoms with van der Waals surface area (Å²) in [6.07, 6.45) is 0. The zero-order valence-corrected chi connectivity index (χ0v) is 13.4. The van der Waals surface area contributed by atoms with E-state index in [9.17, 15) is 4.79 Å². The minimum Gasteiger partial charge on any atom is -0.492 e. The van der Waals surface area contributed by atoms with Crippen molar-refractivity contribution in [1.29, 1.82) is 0 Å². The molecule has 0 saturated carbocycles. The number of halogens is 2. The fourth-order valence-electron chi connectivity index (χ4n) is 1.70. The van der Waals surface area contributed by atoms with Gasteiger partial charge in [0.25, 0.3) is 5.91 Å². The van der Waals surface area contributed by atoms with E-state index in [1.54, 1.807) is 30.3 Å². The summed E-state index contributed by atoms with van der Waals surface area (Å²) >= 11 is 9.30. The Morgan fingerprint density at radius 3 is 2.86 bits per heavy atom. The molecule has 0 aliphatic rings. The summed E-state index contributed by atoms with van der Waals surface area (Å²) in [5, 5.41) is 3.16. The Labute approximate surface area is 136 Å². The van der Waals surface area contributed by atoms with Gasteiger partial charge in [-0.2, -0.15) is 0 Å². The largest absolute Gasteiger partial charge is 0.492 e. The molecule has 0 radical (unpaired) electrons. The minimum atomic E-state index is -0.238. The summed E-state index contributed by atoms with van der Waals surface area (Å²) in [6.45, 7) is 0.720. The Morgan fingerprint density at radius 1 is 1.29 bits per heavy atom. The molecule has 21 heavy (non-hydrogen) atoms. The number of carbonyl (C=O) groups is 1. The van der Waals surface area contributed by atoms with Crippen LogP contribution < -0.4 is 15.8 Å². The molecule has 0 aliphatic heterocycles. The highest BCUT2D eigenvalue weighted by Crippen LogP contribution is 2.20. The first kappa shape index (κ1) is 15.7. The maximum atomic E-state index is 12.0. The number of anilines is 1. The van der Waals surface area contributed by atoms with Gasteiger partial charge in [-0.25, -0.2) is 0 Å². The van der Waals surface area contributed by atoms with Crippen molar-refractivity contribution in [3.8, 4) is 5.75 Å². The van der Waals surface area contributed by atoms with Crippen molar-refractivity contribution in [3.05, 3.63) is 57.5 Å². The van der Waals surface area contributed by atoms with Crippen LogP contribution in [0, 0.1) is 0 Å². The third-order valence-electron chi connectivity index (χ3n) is 2.69. The van der Waals surface area contributed by atoms with Crippen LogP contribution in [0.2, 0.25) is 5.02 Å². The third-order valence-corrected chi connectivity index (χ3v) is 3.51. The molecule has 0 spiro atoms. The molecule has 110 valence electrons. The minimum absolute atomic E-state index is 0.238. The smallest absolute Gasteiger partial charge is 0.252 e. The van der Waals surface area contributed by atoms with Gasteiger partial charge >= 0.3 is 0 Å². The number of amides is 1. The number of nitrogen functional groups attached to an aromatic ring is 1. The molecular weight excluding hydrogens is 356 g/mol. The van der Waals surface area contributed by atoms with Crippen LogP contribution in [0.25, 0.3) is 0 Å². The first-order chi connectivity index (χ1) is 10.1. The third kappa shape index (κ3) is 4.65. The van der Waals surface area contributed by atoms with Crippen molar-refractivity contribution in [3.63, 3.8) is 0 Å². The molecule has 2 aromatic rings. The van der Waals surface area contributed by atoms with E-state index in [-0.39, 0.29) is 5.91 Å². The molecular formula is C15H14BrClN2O2. The topological polar surface area (TPSA) is 64.3 Å². The normalized spacial score (nSPS) is 10.2. The van der Waals surface area contributed by atoms with Crippen molar-refractivity contribution in [2.75, 3.05) is 18.9 Å². The van der Waals surface area contributed by atoms with Gasteiger partial charge in [-0.3, -0.25) is 4.79 Å². The highest BCUT2D eigenvalue weighted by atomic mass is 79.9. The predicted molar refractivity (Wildman–Crippen MR) is 87.8 cm³/mol. The highest BCUT2D eigenvalue weighted by Gasteiger charge is 2.10. The zero-order chi connectivity index (χ0) is 15.2. The van der Waals surface area contributed by atoms with Crippen molar-refractivity contribution in [2.24, 2.45) is 0 Å². The summed E-state index contributed by atoms with van der Waals surface area (Å²) in [4.78, 5) is 12.0. The average Bonchev–Trinajstić information content (AvgIpc) is 2.46. The maximum Gasteiger partial charge on any atom is 0.252 e.